The van der Waals surface area contributed by atoms with E-state index in [4.69, 9.17) is 9.84 Å². The summed E-state index contributed by atoms with van der Waals surface area (Å²) in [5.41, 5.74) is 3.89. The molecule has 0 N–H and O–H groups in total. The van der Waals surface area contributed by atoms with Crippen molar-refractivity contribution in [2.24, 2.45) is 0 Å². The van der Waals surface area contributed by atoms with E-state index in [1.54, 1.807) is 11.8 Å². The number of hydrogen-bond acceptors (Lipinski definition) is 3. The number of rotatable bonds is 8. The van der Waals surface area contributed by atoms with Crippen molar-refractivity contribution in [3.05, 3.63) is 102 Å². The molecule has 5 nitrogen and oxygen atoms in total. The summed E-state index contributed by atoms with van der Waals surface area (Å²) < 4.78 is 7.51. The molecule has 1 heterocycles. The van der Waals surface area contributed by atoms with E-state index in [9.17, 15) is 4.79 Å². The number of nitrogens with zero attached hydrogens (tertiary/aromatic N) is 3. The Kier molecular flexibility index (Phi) is 6.89. The minimum atomic E-state index is -0.116. The van der Waals surface area contributed by atoms with Crippen LogP contribution in [0.1, 0.15) is 41.7 Å². The second-order valence-corrected chi connectivity index (χ2v) is 7.98. The minimum Gasteiger partial charge on any atom is -0.480 e. The normalized spacial score (nSPS) is 11.7. The van der Waals surface area contributed by atoms with Gasteiger partial charge in [0.05, 0.1) is 18.8 Å². The number of hydrogen-bond donors (Lipinski definition) is 0. The third kappa shape index (κ3) is 4.53. The van der Waals surface area contributed by atoms with Crippen molar-refractivity contribution in [3.8, 4) is 22.8 Å². The first-order valence-corrected chi connectivity index (χ1v) is 11.3. The second kappa shape index (κ2) is 10.2. The lowest BCUT2D eigenvalue weighted by molar-refractivity contribution is 0.0719. The van der Waals surface area contributed by atoms with Crippen LogP contribution in [0.2, 0.25) is 0 Å². The maximum atomic E-state index is 14.0. The number of para-hydroxylation sites is 1. The third-order valence-corrected chi connectivity index (χ3v) is 5.83. The molecule has 0 aliphatic rings. The van der Waals surface area contributed by atoms with Crippen molar-refractivity contribution in [3.63, 3.8) is 0 Å². The highest BCUT2D eigenvalue weighted by molar-refractivity contribution is 6.02. The predicted molar refractivity (Wildman–Crippen MR) is 132 cm³/mol. The summed E-state index contributed by atoms with van der Waals surface area (Å²) in [5, 5.41) is 4.85. The molecule has 5 heteroatoms. The molecule has 0 saturated heterocycles. The van der Waals surface area contributed by atoms with Crippen molar-refractivity contribution < 1.29 is 9.53 Å². The molecule has 3 aromatic carbocycles. The average molecular weight is 440 g/mol. The molecular weight excluding hydrogens is 410 g/mol. The van der Waals surface area contributed by atoms with Gasteiger partial charge in [-0.2, -0.15) is 9.78 Å². The van der Waals surface area contributed by atoms with Crippen molar-refractivity contribution in [2.45, 2.75) is 25.8 Å². The first kappa shape index (κ1) is 22.3. The minimum absolute atomic E-state index is 0.0443. The van der Waals surface area contributed by atoms with Gasteiger partial charge in [0.2, 0.25) is 5.88 Å². The Labute approximate surface area is 195 Å². The van der Waals surface area contributed by atoms with Crippen LogP contribution in [0, 0.1) is 0 Å². The van der Waals surface area contributed by atoms with Gasteiger partial charge in [-0.25, -0.2) is 0 Å². The summed E-state index contributed by atoms with van der Waals surface area (Å²) in [4.78, 5) is 15.9. The molecular formula is C28H29N3O2. The average Bonchev–Trinajstić information content (AvgIpc) is 3.27. The van der Waals surface area contributed by atoms with Crippen LogP contribution >= 0.6 is 0 Å². The highest BCUT2D eigenvalue weighted by Crippen LogP contribution is 2.36. The lowest BCUT2D eigenvalue weighted by Gasteiger charge is -2.29. The van der Waals surface area contributed by atoms with Gasteiger partial charge < -0.3 is 9.64 Å². The van der Waals surface area contributed by atoms with E-state index in [0.717, 1.165) is 29.7 Å². The number of ether oxygens (including phenoxy) is 1. The summed E-state index contributed by atoms with van der Waals surface area (Å²) in [6.07, 6.45) is 1.82. The van der Waals surface area contributed by atoms with Gasteiger partial charge in [0.15, 0.2) is 0 Å². The van der Waals surface area contributed by atoms with Gasteiger partial charge >= 0.3 is 0 Å². The summed E-state index contributed by atoms with van der Waals surface area (Å²) in [6, 6.07) is 29.7. The Morgan fingerprint density at radius 2 is 1.52 bits per heavy atom. The zero-order valence-corrected chi connectivity index (χ0v) is 19.3. The van der Waals surface area contributed by atoms with Gasteiger partial charge in [0, 0.05) is 12.6 Å². The lowest BCUT2D eigenvalue weighted by atomic mass is 9.99. The van der Waals surface area contributed by atoms with Crippen LogP contribution in [-0.2, 0) is 0 Å². The number of carbonyl (C=O) groups is 1. The van der Waals surface area contributed by atoms with Crippen LogP contribution in [0.3, 0.4) is 0 Å². The maximum absolute atomic E-state index is 14.0. The van der Waals surface area contributed by atoms with E-state index >= 15 is 0 Å². The topological polar surface area (TPSA) is 47.4 Å². The smallest absolute Gasteiger partial charge is 0.261 e. The molecule has 0 spiro atoms. The molecule has 168 valence electrons. The standard InChI is InChI=1S/C28H29N3O2/c1-4-14-24(21-15-8-5-9-16-21)30(2)27(32)25-26(22-17-10-6-11-18-22)29-31(28(25)33-3)23-19-12-7-13-20-23/h5-13,15-20,24H,4,14H2,1-3H3. The number of benzene rings is 3. The molecule has 4 aromatic rings. The van der Waals surface area contributed by atoms with Crippen LogP contribution < -0.4 is 4.74 Å². The molecule has 4 rings (SSSR count). The van der Waals surface area contributed by atoms with E-state index in [0.29, 0.717) is 17.1 Å². The summed E-state index contributed by atoms with van der Waals surface area (Å²) in [6.45, 7) is 2.14. The maximum Gasteiger partial charge on any atom is 0.261 e. The monoisotopic (exact) mass is 439 g/mol. The van der Waals surface area contributed by atoms with Crippen molar-refractivity contribution in [1.29, 1.82) is 0 Å². The predicted octanol–water partition coefficient (Wildman–Crippen LogP) is 6.16. The Hall–Kier alpha value is -3.86. The molecule has 1 aromatic heterocycles. The molecule has 1 unspecified atom stereocenters. The summed E-state index contributed by atoms with van der Waals surface area (Å²) >= 11 is 0. The van der Waals surface area contributed by atoms with Gasteiger partial charge in [-0.1, -0.05) is 92.2 Å². The van der Waals surface area contributed by atoms with Crippen molar-refractivity contribution >= 4 is 5.91 Å². The van der Waals surface area contributed by atoms with Gasteiger partial charge in [-0.3, -0.25) is 4.79 Å². The summed E-state index contributed by atoms with van der Waals surface area (Å²) in [5.74, 6) is 0.315. The highest BCUT2D eigenvalue weighted by atomic mass is 16.5. The SMILES string of the molecule is CCCC(c1ccccc1)N(C)C(=O)c1c(-c2ccccc2)nn(-c2ccccc2)c1OC. The van der Waals surface area contributed by atoms with Crippen LogP contribution in [0.4, 0.5) is 0 Å². The fourth-order valence-corrected chi connectivity index (χ4v) is 4.18. The summed E-state index contributed by atoms with van der Waals surface area (Å²) in [7, 11) is 3.45. The highest BCUT2D eigenvalue weighted by Gasteiger charge is 2.31. The zero-order chi connectivity index (χ0) is 23.2. The fourth-order valence-electron chi connectivity index (χ4n) is 4.18. The van der Waals surface area contributed by atoms with Gasteiger partial charge in [0.1, 0.15) is 11.3 Å². The molecule has 33 heavy (non-hydrogen) atoms. The quantitative estimate of drug-likeness (QED) is 0.330. The molecule has 0 saturated carbocycles. The van der Waals surface area contributed by atoms with E-state index in [2.05, 4.69) is 19.1 Å². The number of methoxy groups -OCH3 is 1. The van der Waals surface area contributed by atoms with Gasteiger partial charge in [-0.15, -0.1) is 0 Å². The third-order valence-electron chi connectivity index (χ3n) is 5.83. The van der Waals surface area contributed by atoms with Crippen LogP contribution in [0.25, 0.3) is 16.9 Å². The molecule has 0 bridgehead atoms. The first-order valence-electron chi connectivity index (χ1n) is 11.3. The van der Waals surface area contributed by atoms with E-state index in [-0.39, 0.29) is 11.9 Å². The molecule has 0 aliphatic heterocycles. The zero-order valence-electron chi connectivity index (χ0n) is 19.3. The van der Waals surface area contributed by atoms with Crippen LogP contribution in [0.15, 0.2) is 91.0 Å². The van der Waals surface area contributed by atoms with E-state index < -0.39 is 0 Å². The Bertz CT molecular complexity index is 1190. The van der Waals surface area contributed by atoms with Crippen LogP contribution in [0.5, 0.6) is 5.88 Å². The molecule has 1 atom stereocenters. The van der Waals surface area contributed by atoms with Crippen molar-refractivity contribution in [1.82, 2.24) is 14.7 Å². The van der Waals surface area contributed by atoms with E-state index in [1.807, 2.05) is 90.8 Å². The molecule has 0 radical (unpaired) electrons. The molecule has 0 fully saturated rings. The van der Waals surface area contributed by atoms with E-state index in [1.165, 1.54) is 0 Å². The first-order chi connectivity index (χ1) is 16.2. The van der Waals surface area contributed by atoms with Crippen molar-refractivity contribution in [2.75, 3.05) is 14.2 Å². The number of carbonyl (C=O) groups excluding carboxylic acids is 1. The Balaban J connectivity index is 1.86. The fraction of sp³-hybridized carbons (Fsp3) is 0.214. The molecule has 0 aliphatic carbocycles. The van der Waals surface area contributed by atoms with Gasteiger partial charge in [-0.05, 0) is 24.1 Å². The Morgan fingerprint density at radius 1 is 0.939 bits per heavy atom. The lowest BCUT2D eigenvalue weighted by Crippen LogP contribution is -2.31. The van der Waals surface area contributed by atoms with Gasteiger partial charge in [0.25, 0.3) is 5.91 Å². The largest absolute Gasteiger partial charge is 0.480 e. The van der Waals surface area contributed by atoms with Crippen LogP contribution in [-0.4, -0.2) is 34.7 Å². The molecule has 1 amide bonds. The second-order valence-electron chi connectivity index (χ2n) is 7.98. The number of aromatic nitrogens is 2. The number of amides is 1. The Morgan fingerprint density at radius 3 is 2.09 bits per heavy atom.